The van der Waals surface area contributed by atoms with Gasteiger partial charge in [-0.25, -0.2) is 0 Å². The first kappa shape index (κ1) is 8.72. The molecular weight excluding hydrogens is 140 g/mol. The fourth-order valence-electron chi connectivity index (χ4n) is 0.715. The summed E-state index contributed by atoms with van der Waals surface area (Å²) in [7, 11) is 0. The lowest BCUT2D eigenvalue weighted by Crippen LogP contribution is -2.22. The first-order chi connectivity index (χ1) is 3.93. The van der Waals surface area contributed by atoms with Gasteiger partial charge >= 0.3 is 0 Å². The fourth-order valence-corrected chi connectivity index (χ4v) is 0.715. The van der Waals surface area contributed by atoms with Crippen LogP contribution in [0.2, 0.25) is 0 Å². The summed E-state index contributed by atoms with van der Waals surface area (Å²) in [6.45, 7) is 2.82. The number of nitrogens with zero attached hydrogens (tertiary/aromatic N) is 2. The Hall–Kier alpha value is -0.280. The van der Waals surface area contributed by atoms with E-state index in [0.717, 1.165) is 19.6 Å². The summed E-state index contributed by atoms with van der Waals surface area (Å²) in [5, 5.41) is 8.42. The first-order valence-corrected chi connectivity index (χ1v) is 2.78. The van der Waals surface area contributed by atoms with E-state index in [9.17, 15) is 0 Å². The number of hydrogen-bond donors (Lipinski definition) is 1. The van der Waals surface area contributed by atoms with Crippen LogP contribution in [0.25, 0.3) is 0 Å². The Kier molecular flexibility index (Phi) is 4.44. The highest BCUT2D eigenvalue weighted by molar-refractivity contribution is 5.85. The predicted molar refractivity (Wildman–Crippen MR) is 39.3 cm³/mol. The topological polar surface area (TPSA) is 35.8 Å². The maximum atomic E-state index is 8.42. The molecule has 0 aromatic rings. The Morgan fingerprint density at radius 1 is 1.67 bits per heavy atom. The van der Waals surface area contributed by atoms with Crippen molar-refractivity contribution in [2.24, 2.45) is 4.99 Å². The van der Waals surface area contributed by atoms with Crippen LogP contribution in [0.1, 0.15) is 0 Å². The smallest absolute Gasteiger partial charge is 0.0852 e. The van der Waals surface area contributed by atoms with E-state index in [1.807, 2.05) is 4.90 Å². The van der Waals surface area contributed by atoms with E-state index in [1.165, 1.54) is 0 Å². The number of aliphatic hydroxyl groups excluding tert-OH is 1. The molecule has 0 aromatic carbocycles. The molecule has 4 heteroatoms. The third-order valence-corrected chi connectivity index (χ3v) is 1.15. The minimum Gasteiger partial charge on any atom is -0.395 e. The van der Waals surface area contributed by atoms with Gasteiger partial charge in [-0.1, -0.05) is 0 Å². The lowest BCUT2D eigenvalue weighted by Gasteiger charge is -2.09. The minimum atomic E-state index is 0. The van der Waals surface area contributed by atoms with Gasteiger partial charge < -0.3 is 10.0 Å². The number of halogens is 1. The van der Waals surface area contributed by atoms with Crippen molar-refractivity contribution < 1.29 is 5.11 Å². The van der Waals surface area contributed by atoms with Gasteiger partial charge in [-0.2, -0.15) is 0 Å². The Morgan fingerprint density at radius 3 is 2.89 bits per heavy atom. The number of β-amino-alcohol motifs (C(OH)–C–C–N with tert-alkyl or cyclic N) is 1. The number of rotatable bonds is 2. The molecule has 0 spiro atoms. The van der Waals surface area contributed by atoms with Gasteiger partial charge in [0.05, 0.1) is 19.5 Å². The molecule has 1 heterocycles. The molecule has 1 N–H and O–H groups in total. The molecule has 0 bridgehead atoms. The lowest BCUT2D eigenvalue weighted by atomic mass is 10.5. The van der Waals surface area contributed by atoms with Crippen LogP contribution < -0.4 is 0 Å². The summed E-state index contributed by atoms with van der Waals surface area (Å²) in [5.41, 5.74) is 0. The monoisotopic (exact) mass is 150 g/mol. The molecule has 0 unspecified atom stereocenters. The summed E-state index contributed by atoms with van der Waals surface area (Å²) < 4.78 is 0. The van der Waals surface area contributed by atoms with Crippen molar-refractivity contribution in [2.45, 2.75) is 0 Å². The van der Waals surface area contributed by atoms with Crippen LogP contribution >= 0.6 is 12.4 Å². The molecule has 0 saturated heterocycles. The Morgan fingerprint density at radius 2 is 2.44 bits per heavy atom. The molecule has 0 aliphatic carbocycles. The summed E-state index contributed by atoms with van der Waals surface area (Å²) in [6, 6.07) is 0. The molecule has 0 saturated carbocycles. The fraction of sp³-hybridized carbons (Fsp3) is 0.800. The quantitative estimate of drug-likeness (QED) is 0.589. The molecule has 54 valence electrons. The van der Waals surface area contributed by atoms with Crippen LogP contribution in [0.5, 0.6) is 0 Å². The van der Waals surface area contributed by atoms with Crippen molar-refractivity contribution in [3.8, 4) is 0 Å². The van der Waals surface area contributed by atoms with Crippen LogP contribution in [-0.2, 0) is 0 Å². The van der Waals surface area contributed by atoms with E-state index in [1.54, 1.807) is 6.34 Å². The normalized spacial score (nSPS) is 15.9. The standard InChI is InChI=1S/C5H10N2O.ClH/c8-4-3-7-2-1-6-5-7;/h5,8H,1-4H2;1H. The van der Waals surface area contributed by atoms with E-state index in [-0.39, 0.29) is 19.0 Å². The van der Waals surface area contributed by atoms with Crippen LogP contribution in [0, 0.1) is 0 Å². The second-order valence-corrected chi connectivity index (χ2v) is 1.78. The second kappa shape index (κ2) is 4.58. The van der Waals surface area contributed by atoms with E-state index < -0.39 is 0 Å². The van der Waals surface area contributed by atoms with Gasteiger partial charge in [0.15, 0.2) is 0 Å². The molecule has 1 aliphatic heterocycles. The molecule has 0 atom stereocenters. The van der Waals surface area contributed by atoms with Crippen molar-refractivity contribution >= 4 is 18.7 Å². The van der Waals surface area contributed by atoms with Crippen molar-refractivity contribution in [3.05, 3.63) is 0 Å². The van der Waals surface area contributed by atoms with Crippen LogP contribution in [0.15, 0.2) is 4.99 Å². The van der Waals surface area contributed by atoms with Gasteiger partial charge in [-0.15, -0.1) is 12.4 Å². The number of aliphatic hydroxyl groups is 1. The van der Waals surface area contributed by atoms with Gasteiger partial charge in [0.25, 0.3) is 0 Å². The average Bonchev–Trinajstić information content (AvgIpc) is 2.19. The largest absolute Gasteiger partial charge is 0.395 e. The summed E-state index contributed by atoms with van der Waals surface area (Å²) >= 11 is 0. The maximum Gasteiger partial charge on any atom is 0.0852 e. The van der Waals surface area contributed by atoms with E-state index in [0.29, 0.717) is 0 Å². The maximum absolute atomic E-state index is 8.42. The highest BCUT2D eigenvalue weighted by Crippen LogP contribution is 1.89. The van der Waals surface area contributed by atoms with Gasteiger partial charge in [0.1, 0.15) is 0 Å². The lowest BCUT2D eigenvalue weighted by molar-refractivity contribution is 0.258. The first-order valence-electron chi connectivity index (χ1n) is 2.78. The third kappa shape index (κ3) is 2.67. The second-order valence-electron chi connectivity index (χ2n) is 1.78. The van der Waals surface area contributed by atoms with Crippen molar-refractivity contribution in [3.63, 3.8) is 0 Å². The summed E-state index contributed by atoms with van der Waals surface area (Å²) in [6.07, 6.45) is 1.79. The Bertz CT molecular complexity index is 97.0. The van der Waals surface area contributed by atoms with E-state index in [4.69, 9.17) is 5.11 Å². The zero-order valence-electron chi connectivity index (χ0n) is 5.16. The predicted octanol–water partition coefficient (Wildman–Crippen LogP) is -0.256. The van der Waals surface area contributed by atoms with Crippen molar-refractivity contribution in [1.29, 1.82) is 0 Å². The molecule has 3 nitrogen and oxygen atoms in total. The summed E-state index contributed by atoms with van der Waals surface area (Å²) in [5.74, 6) is 0. The highest BCUT2D eigenvalue weighted by atomic mass is 35.5. The number of hydrogen-bond acceptors (Lipinski definition) is 3. The van der Waals surface area contributed by atoms with Gasteiger partial charge in [0, 0.05) is 13.1 Å². The average molecular weight is 151 g/mol. The molecular formula is C5H11ClN2O. The van der Waals surface area contributed by atoms with Crippen LogP contribution in [0.3, 0.4) is 0 Å². The number of aliphatic imine (C=N–C) groups is 1. The zero-order chi connectivity index (χ0) is 5.82. The molecule has 9 heavy (non-hydrogen) atoms. The molecule has 0 aromatic heterocycles. The van der Waals surface area contributed by atoms with E-state index in [2.05, 4.69) is 4.99 Å². The minimum absolute atomic E-state index is 0. The molecule has 0 fully saturated rings. The summed E-state index contributed by atoms with van der Waals surface area (Å²) in [4.78, 5) is 5.97. The SMILES string of the molecule is Cl.OCCN1C=NCC1. The Labute approximate surface area is 60.8 Å². The molecule has 0 amide bonds. The molecule has 0 radical (unpaired) electrons. The van der Waals surface area contributed by atoms with Crippen LogP contribution in [0.4, 0.5) is 0 Å². The zero-order valence-corrected chi connectivity index (χ0v) is 5.97. The van der Waals surface area contributed by atoms with Crippen molar-refractivity contribution in [1.82, 2.24) is 4.90 Å². The third-order valence-electron chi connectivity index (χ3n) is 1.15. The highest BCUT2D eigenvalue weighted by Gasteiger charge is 2.01. The van der Waals surface area contributed by atoms with Crippen molar-refractivity contribution in [2.75, 3.05) is 26.2 Å². The Balaban J connectivity index is 0.000000640. The van der Waals surface area contributed by atoms with Gasteiger partial charge in [-0.3, -0.25) is 4.99 Å². The molecule has 1 rings (SSSR count). The van der Waals surface area contributed by atoms with Gasteiger partial charge in [-0.05, 0) is 0 Å². The molecule has 1 aliphatic rings. The van der Waals surface area contributed by atoms with E-state index >= 15 is 0 Å². The van der Waals surface area contributed by atoms with Gasteiger partial charge in [0.2, 0.25) is 0 Å². The van der Waals surface area contributed by atoms with Crippen LogP contribution in [-0.4, -0.2) is 42.6 Å².